The van der Waals surface area contributed by atoms with Gasteiger partial charge in [-0.25, -0.2) is 4.79 Å². The molecule has 2 heterocycles. The fourth-order valence-electron chi connectivity index (χ4n) is 2.29. The van der Waals surface area contributed by atoms with Crippen molar-refractivity contribution >= 4 is 33.3 Å². The summed E-state index contributed by atoms with van der Waals surface area (Å²) in [6, 6.07) is 3.41. The summed E-state index contributed by atoms with van der Waals surface area (Å²) in [6.07, 6.45) is 8.93. The molecule has 1 aromatic rings. The Morgan fingerprint density at radius 3 is 2.63 bits per heavy atom. The molecule has 0 aromatic carbocycles. The average molecular weight is 414 g/mol. The predicted octanol–water partition coefficient (Wildman–Crippen LogP) is 4.23. The molecule has 7 heteroatoms. The van der Waals surface area contributed by atoms with Gasteiger partial charge in [0.1, 0.15) is 18.9 Å². The number of unbranched alkanes of at least 4 members (excludes halogenated alkanes) is 1. The summed E-state index contributed by atoms with van der Waals surface area (Å²) in [4.78, 5) is 25.9. The zero-order chi connectivity index (χ0) is 20.1. The van der Waals surface area contributed by atoms with Gasteiger partial charge < -0.3 is 14.0 Å². The molecule has 1 unspecified atom stereocenters. The van der Waals surface area contributed by atoms with Crippen molar-refractivity contribution in [3.05, 3.63) is 30.1 Å². The zero-order valence-electron chi connectivity index (χ0n) is 17.0. The van der Waals surface area contributed by atoms with E-state index < -0.39 is 0 Å². The van der Waals surface area contributed by atoms with E-state index in [1.165, 1.54) is 31.2 Å². The largest absolute Gasteiger partial charge is 0.456 e. The van der Waals surface area contributed by atoms with Crippen LogP contribution in [0.3, 0.4) is 0 Å². The molecule has 5 nitrogen and oxygen atoms in total. The predicted molar refractivity (Wildman–Crippen MR) is 115 cm³/mol. The SMILES string of the molecule is CC(=O)CCCCC1CCSS1.C[N+](C)(C)CCOC(=O)c1cccnc1. The van der Waals surface area contributed by atoms with Crippen LogP contribution in [0, 0.1) is 0 Å². The second-order valence-electron chi connectivity index (χ2n) is 7.67. The number of ether oxygens (including phenoxy) is 1. The third-order valence-electron chi connectivity index (χ3n) is 3.92. The summed E-state index contributed by atoms with van der Waals surface area (Å²) in [5, 5.41) is 0.877. The number of esters is 1. The Kier molecular flexibility index (Phi) is 11.7. The molecule has 0 radical (unpaired) electrons. The number of hydrogen-bond donors (Lipinski definition) is 0. The number of ketones is 1. The number of carbonyl (C=O) groups excluding carboxylic acids is 2. The van der Waals surface area contributed by atoms with Gasteiger partial charge in [-0.1, -0.05) is 28.0 Å². The van der Waals surface area contributed by atoms with E-state index >= 15 is 0 Å². The molecule has 0 aliphatic carbocycles. The summed E-state index contributed by atoms with van der Waals surface area (Å²) in [5.41, 5.74) is 0.499. The average Bonchev–Trinajstić information content (AvgIpc) is 3.12. The van der Waals surface area contributed by atoms with Gasteiger partial charge in [-0.2, -0.15) is 0 Å². The number of quaternary nitrogens is 1. The van der Waals surface area contributed by atoms with Crippen LogP contribution in [0.15, 0.2) is 24.5 Å². The van der Waals surface area contributed by atoms with E-state index in [9.17, 15) is 9.59 Å². The third-order valence-corrected chi connectivity index (χ3v) is 6.93. The number of pyridine rings is 1. The fourth-order valence-corrected chi connectivity index (χ4v) is 5.32. The molecule has 1 atom stereocenters. The highest BCUT2D eigenvalue weighted by Crippen LogP contribution is 2.39. The molecular formula is C20H33N2O3S2+. The number of nitrogens with zero attached hydrogens (tertiary/aromatic N) is 2. The Balaban J connectivity index is 0.000000277. The van der Waals surface area contributed by atoms with Gasteiger partial charge in [0.2, 0.25) is 0 Å². The van der Waals surface area contributed by atoms with Crippen molar-refractivity contribution in [1.82, 2.24) is 4.98 Å². The van der Waals surface area contributed by atoms with Crippen molar-refractivity contribution < 1.29 is 18.8 Å². The summed E-state index contributed by atoms with van der Waals surface area (Å²) >= 11 is 0. The summed E-state index contributed by atoms with van der Waals surface area (Å²) in [6.45, 7) is 2.91. The van der Waals surface area contributed by atoms with Gasteiger partial charge in [0.25, 0.3) is 0 Å². The number of likely N-dealkylation sites (N-methyl/N-ethyl adjacent to an activating group) is 1. The molecule has 1 aliphatic rings. The molecular weight excluding hydrogens is 380 g/mol. The van der Waals surface area contributed by atoms with Crippen LogP contribution >= 0.6 is 21.6 Å². The molecule has 0 saturated carbocycles. The molecule has 27 heavy (non-hydrogen) atoms. The minimum Gasteiger partial charge on any atom is -0.456 e. The summed E-state index contributed by atoms with van der Waals surface area (Å²) in [7, 11) is 10.2. The molecule has 1 aromatic heterocycles. The maximum Gasteiger partial charge on any atom is 0.339 e. The van der Waals surface area contributed by atoms with Crippen LogP contribution in [-0.2, 0) is 9.53 Å². The third kappa shape index (κ3) is 12.9. The van der Waals surface area contributed by atoms with Gasteiger partial charge in [0, 0.05) is 29.8 Å². The lowest BCUT2D eigenvalue weighted by molar-refractivity contribution is -0.870. The standard InChI is InChI=1S/C11H17N2O2.C9H16OS2/c1-13(2,3)7-8-15-11(14)10-5-4-6-12-9-10;1-8(10)4-2-3-5-9-6-7-11-12-9/h4-6,9H,7-8H2,1-3H3;9H,2-7H2,1H3/q+1;. The van der Waals surface area contributed by atoms with Crippen molar-refractivity contribution in [3.8, 4) is 0 Å². The van der Waals surface area contributed by atoms with Crippen molar-refractivity contribution in [2.45, 2.75) is 44.3 Å². The lowest BCUT2D eigenvalue weighted by Gasteiger charge is -2.23. The first kappa shape index (κ1) is 24.0. The molecule has 2 rings (SSSR count). The van der Waals surface area contributed by atoms with Gasteiger partial charge >= 0.3 is 5.97 Å². The Morgan fingerprint density at radius 1 is 1.30 bits per heavy atom. The van der Waals surface area contributed by atoms with Crippen molar-refractivity contribution in [3.63, 3.8) is 0 Å². The van der Waals surface area contributed by atoms with E-state index in [1.54, 1.807) is 25.3 Å². The first-order chi connectivity index (χ1) is 12.8. The van der Waals surface area contributed by atoms with E-state index in [-0.39, 0.29) is 5.97 Å². The maximum absolute atomic E-state index is 11.5. The number of aromatic nitrogens is 1. The van der Waals surface area contributed by atoms with Gasteiger partial charge in [-0.15, -0.1) is 0 Å². The molecule has 152 valence electrons. The summed E-state index contributed by atoms with van der Waals surface area (Å²) < 4.78 is 5.89. The van der Waals surface area contributed by atoms with Crippen molar-refractivity contribution in [1.29, 1.82) is 0 Å². The minimum absolute atomic E-state index is 0.309. The lowest BCUT2D eigenvalue weighted by atomic mass is 10.1. The highest BCUT2D eigenvalue weighted by Gasteiger charge is 2.15. The molecule has 0 spiro atoms. The zero-order valence-corrected chi connectivity index (χ0v) is 18.6. The molecule has 1 aliphatic heterocycles. The summed E-state index contributed by atoms with van der Waals surface area (Å²) in [5.74, 6) is 1.35. The first-order valence-electron chi connectivity index (χ1n) is 9.43. The lowest BCUT2D eigenvalue weighted by Crippen LogP contribution is -2.38. The molecule has 0 bridgehead atoms. The number of Topliss-reactive ketones (excluding diaryl/α,β-unsaturated/α-hetero) is 1. The van der Waals surface area contributed by atoms with E-state index in [2.05, 4.69) is 26.1 Å². The van der Waals surface area contributed by atoms with E-state index in [0.717, 1.165) is 29.1 Å². The number of rotatable bonds is 9. The van der Waals surface area contributed by atoms with Gasteiger partial charge in [0.05, 0.1) is 26.7 Å². The number of hydrogen-bond acceptors (Lipinski definition) is 6. The highest BCUT2D eigenvalue weighted by molar-refractivity contribution is 8.77. The second kappa shape index (κ2) is 13.2. The van der Waals surface area contributed by atoms with Gasteiger partial charge in [-0.3, -0.25) is 4.98 Å². The Labute approximate surface area is 171 Å². The maximum atomic E-state index is 11.5. The Hall–Kier alpha value is -1.05. The van der Waals surface area contributed by atoms with Crippen LogP contribution in [0.5, 0.6) is 0 Å². The molecule has 0 amide bonds. The first-order valence-corrected chi connectivity index (χ1v) is 11.8. The van der Waals surface area contributed by atoms with Gasteiger partial charge in [0.15, 0.2) is 0 Å². The van der Waals surface area contributed by atoms with Crippen molar-refractivity contribution in [2.24, 2.45) is 0 Å². The monoisotopic (exact) mass is 413 g/mol. The normalized spacial score (nSPS) is 16.4. The van der Waals surface area contributed by atoms with Crippen LogP contribution in [0.1, 0.15) is 49.4 Å². The van der Waals surface area contributed by atoms with E-state index in [1.807, 2.05) is 21.6 Å². The van der Waals surface area contributed by atoms with Crippen LogP contribution in [-0.4, -0.2) is 66.5 Å². The highest BCUT2D eigenvalue weighted by atomic mass is 33.1. The van der Waals surface area contributed by atoms with Crippen LogP contribution in [0.2, 0.25) is 0 Å². The fraction of sp³-hybridized carbons (Fsp3) is 0.650. The minimum atomic E-state index is -0.309. The molecule has 1 saturated heterocycles. The smallest absolute Gasteiger partial charge is 0.339 e. The number of carbonyl (C=O) groups is 2. The van der Waals surface area contributed by atoms with Gasteiger partial charge in [-0.05, 0) is 38.3 Å². The second-order valence-corrected chi connectivity index (χ2v) is 10.5. The van der Waals surface area contributed by atoms with Crippen LogP contribution in [0.25, 0.3) is 0 Å². The van der Waals surface area contributed by atoms with Crippen LogP contribution in [0.4, 0.5) is 0 Å². The molecule has 1 fully saturated rings. The van der Waals surface area contributed by atoms with E-state index in [0.29, 0.717) is 18.0 Å². The Bertz CT molecular complexity index is 556. The van der Waals surface area contributed by atoms with Crippen molar-refractivity contribution in [2.75, 3.05) is 40.0 Å². The topological polar surface area (TPSA) is 56.3 Å². The molecule has 0 N–H and O–H groups in total. The van der Waals surface area contributed by atoms with E-state index in [4.69, 9.17) is 4.74 Å². The quantitative estimate of drug-likeness (QED) is 0.261. The van der Waals surface area contributed by atoms with Crippen LogP contribution < -0.4 is 0 Å². The Morgan fingerprint density at radius 2 is 2.07 bits per heavy atom.